The molecule has 2 atom stereocenters. The van der Waals surface area contributed by atoms with Gasteiger partial charge in [-0.25, -0.2) is 13.1 Å². The Kier molecular flexibility index (Phi) is 4.04. The molecule has 5 heteroatoms. The number of hydrogen-bond acceptors (Lipinski definition) is 3. The van der Waals surface area contributed by atoms with E-state index in [2.05, 4.69) is 11.6 Å². The molecule has 1 aliphatic carbocycles. The van der Waals surface area contributed by atoms with Gasteiger partial charge in [0.05, 0.1) is 11.5 Å². The van der Waals surface area contributed by atoms with E-state index in [4.69, 9.17) is 0 Å². The Bertz CT molecular complexity index is 513. The van der Waals surface area contributed by atoms with Crippen LogP contribution in [0.15, 0.2) is 29.2 Å². The molecule has 0 heterocycles. The summed E-state index contributed by atoms with van der Waals surface area (Å²) in [6, 6.07) is 6.59. The van der Waals surface area contributed by atoms with Gasteiger partial charge in [0.15, 0.2) is 0 Å². The van der Waals surface area contributed by atoms with Gasteiger partial charge >= 0.3 is 0 Å². The molecule has 0 amide bonds. The highest BCUT2D eigenvalue weighted by Gasteiger charge is 2.27. The average molecular weight is 269 g/mol. The van der Waals surface area contributed by atoms with Crippen molar-refractivity contribution in [1.29, 1.82) is 0 Å². The summed E-state index contributed by atoms with van der Waals surface area (Å²) >= 11 is 0. The lowest BCUT2D eigenvalue weighted by Crippen LogP contribution is -2.33. The zero-order valence-electron chi connectivity index (χ0n) is 10.5. The summed E-state index contributed by atoms with van der Waals surface area (Å²) in [5.74, 6) is 0.575. The summed E-state index contributed by atoms with van der Waals surface area (Å²) in [6.07, 6.45) is 2.84. The van der Waals surface area contributed by atoms with Crippen LogP contribution in [0.5, 0.6) is 0 Å². The highest BCUT2D eigenvalue weighted by atomic mass is 32.2. The topological polar surface area (TPSA) is 66.4 Å². The van der Waals surface area contributed by atoms with Gasteiger partial charge in [0, 0.05) is 6.04 Å². The molecule has 18 heavy (non-hydrogen) atoms. The molecule has 0 aromatic heterocycles. The fraction of sp³-hybridized carbons (Fsp3) is 0.538. The molecule has 2 rings (SSSR count). The number of aliphatic hydroxyl groups is 1. The molecule has 1 saturated carbocycles. The molecule has 0 saturated heterocycles. The lowest BCUT2D eigenvalue weighted by atomic mass is 10.1. The van der Waals surface area contributed by atoms with Crippen molar-refractivity contribution in [1.82, 2.24) is 4.72 Å². The van der Waals surface area contributed by atoms with Gasteiger partial charge in [-0.1, -0.05) is 25.1 Å². The summed E-state index contributed by atoms with van der Waals surface area (Å²) < 4.78 is 27.2. The van der Waals surface area contributed by atoms with Crippen LogP contribution in [-0.4, -0.2) is 19.6 Å². The van der Waals surface area contributed by atoms with Crippen molar-refractivity contribution in [3.05, 3.63) is 29.8 Å². The monoisotopic (exact) mass is 269 g/mol. The second-order valence-electron chi connectivity index (χ2n) is 5.00. The van der Waals surface area contributed by atoms with E-state index < -0.39 is 10.0 Å². The summed E-state index contributed by atoms with van der Waals surface area (Å²) in [5, 5.41) is 9.19. The maximum Gasteiger partial charge on any atom is 0.241 e. The lowest BCUT2D eigenvalue weighted by Gasteiger charge is -2.14. The molecule has 0 bridgehead atoms. The Morgan fingerprint density at radius 3 is 2.67 bits per heavy atom. The third-order valence-electron chi connectivity index (χ3n) is 3.45. The van der Waals surface area contributed by atoms with Crippen molar-refractivity contribution in [2.45, 2.75) is 43.7 Å². The molecule has 0 spiro atoms. The molecule has 1 aromatic rings. The highest BCUT2D eigenvalue weighted by Crippen LogP contribution is 2.26. The zero-order valence-corrected chi connectivity index (χ0v) is 11.3. The van der Waals surface area contributed by atoms with Crippen molar-refractivity contribution >= 4 is 10.0 Å². The van der Waals surface area contributed by atoms with Crippen LogP contribution in [0.4, 0.5) is 0 Å². The van der Waals surface area contributed by atoms with E-state index in [9.17, 15) is 13.5 Å². The molecule has 2 N–H and O–H groups in total. The number of aliphatic hydroxyl groups excluding tert-OH is 1. The van der Waals surface area contributed by atoms with Crippen molar-refractivity contribution in [3.63, 3.8) is 0 Å². The van der Waals surface area contributed by atoms with Gasteiger partial charge in [-0.2, -0.15) is 0 Å². The third kappa shape index (κ3) is 2.91. The largest absolute Gasteiger partial charge is 0.392 e. The molecular formula is C13H19NO3S. The molecule has 100 valence electrons. The van der Waals surface area contributed by atoms with Gasteiger partial charge in [-0.3, -0.25) is 0 Å². The SMILES string of the molecule is CC1CCC(NS(=O)(=O)c2ccccc2CO)C1. The van der Waals surface area contributed by atoms with Crippen LogP contribution in [0, 0.1) is 5.92 Å². The second-order valence-corrected chi connectivity index (χ2v) is 6.68. The first-order chi connectivity index (χ1) is 8.53. The quantitative estimate of drug-likeness (QED) is 0.873. The van der Waals surface area contributed by atoms with Crippen LogP contribution >= 0.6 is 0 Å². The van der Waals surface area contributed by atoms with Gasteiger partial charge in [-0.15, -0.1) is 0 Å². The first-order valence-electron chi connectivity index (χ1n) is 6.24. The van der Waals surface area contributed by atoms with Crippen LogP contribution in [0.1, 0.15) is 31.7 Å². The Labute approximate surface area is 108 Å². The van der Waals surface area contributed by atoms with Crippen LogP contribution in [0.3, 0.4) is 0 Å². The predicted molar refractivity (Wildman–Crippen MR) is 69.5 cm³/mol. The number of nitrogens with one attached hydrogen (secondary N) is 1. The minimum absolute atomic E-state index is 0.0248. The fourth-order valence-corrected chi connectivity index (χ4v) is 4.01. The van der Waals surface area contributed by atoms with E-state index >= 15 is 0 Å². The van der Waals surface area contributed by atoms with E-state index in [0.29, 0.717) is 11.5 Å². The molecule has 1 aromatic carbocycles. The maximum atomic E-state index is 12.3. The summed E-state index contributed by atoms with van der Waals surface area (Å²) in [7, 11) is -3.52. The van der Waals surface area contributed by atoms with E-state index in [1.165, 1.54) is 6.07 Å². The van der Waals surface area contributed by atoms with E-state index in [0.717, 1.165) is 19.3 Å². The molecule has 2 unspecified atom stereocenters. The van der Waals surface area contributed by atoms with Crippen LogP contribution in [0.25, 0.3) is 0 Å². The third-order valence-corrected chi connectivity index (χ3v) is 5.07. The van der Waals surface area contributed by atoms with Crippen LogP contribution in [-0.2, 0) is 16.6 Å². The predicted octanol–water partition coefficient (Wildman–Crippen LogP) is 1.65. The molecule has 0 radical (unpaired) electrons. The first-order valence-corrected chi connectivity index (χ1v) is 7.72. The second kappa shape index (κ2) is 5.38. The van der Waals surface area contributed by atoms with Crippen LogP contribution in [0.2, 0.25) is 0 Å². The van der Waals surface area contributed by atoms with E-state index in [1.54, 1.807) is 18.2 Å². The molecular weight excluding hydrogens is 250 g/mol. The average Bonchev–Trinajstić information content (AvgIpc) is 2.74. The Balaban J connectivity index is 2.20. The zero-order chi connectivity index (χ0) is 13.2. The molecule has 4 nitrogen and oxygen atoms in total. The normalized spacial score (nSPS) is 24.3. The van der Waals surface area contributed by atoms with Crippen molar-refractivity contribution in [2.75, 3.05) is 0 Å². The maximum absolute atomic E-state index is 12.3. The number of benzene rings is 1. The Morgan fingerprint density at radius 1 is 1.33 bits per heavy atom. The lowest BCUT2D eigenvalue weighted by molar-refractivity contribution is 0.278. The van der Waals surface area contributed by atoms with Crippen LogP contribution < -0.4 is 4.72 Å². The molecule has 0 aliphatic heterocycles. The van der Waals surface area contributed by atoms with Crippen molar-refractivity contribution < 1.29 is 13.5 Å². The van der Waals surface area contributed by atoms with Gasteiger partial charge in [0.2, 0.25) is 10.0 Å². The molecule has 1 fully saturated rings. The minimum atomic E-state index is -3.52. The van der Waals surface area contributed by atoms with Gasteiger partial charge in [0.1, 0.15) is 0 Å². The smallest absolute Gasteiger partial charge is 0.241 e. The fourth-order valence-electron chi connectivity index (χ4n) is 2.49. The Morgan fingerprint density at radius 2 is 2.06 bits per heavy atom. The number of rotatable bonds is 4. The van der Waals surface area contributed by atoms with Crippen molar-refractivity contribution in [2.24, 2.45) is 5.92 Å². The summed E-state index contributed by atoms with van der Waals surface area (Å²) in [5.41, 5.74) is 0.441. The Hall–Kier alpha value is -0.910. The van der Waals surface area contributed by atoms with Crippen molar-refractivity contribution in [3.8, 4) is 0 Å². The summed E-state index contributed by atoms with van der Waals surface area (Å²) in [4.78, 5) is 0.187. The van der Waals surface area contributed by atoms with E-state index in [1.807, 2.05) is 0 Å². The first kappa shape index (κ1) is 13.5. The standard InChI is InChI=1S/C13H19NO3S/c1-10-6-7-12(8-10)14-18(16,17)13-5-3-2-4-11(13)9-15/h2-5,10,12,14-15H,6-9H2,1H3. The minimum Gasteiger partial charge on any atom is -0.392 e. The number of hydrogen-bond donors (Lipinski definition) is 2. The van der Waals surface area contributed by atoms with Gasteiger partial charge < -0.3 is 5.11 Å². The van der Waals surface area contributed by atoms with Gasteiger partial charge in [-0.05, 0) is 36.8 Å². The van der Waals surface area contributed by atoms with Gasteiger partial charge in [0.25, 0.3) is 0 Å². The highest BCUT2D eigenvalue weighted by molar-refractivity contribution is 7.89. The number of sulfonamides is 1. The molecule has 1 aliphatic rings. The summed E-state index contributed by atoms with van der Waals surface area (Å²) in [6.45, 7) is 1.87. The van der Waals surface area contributed by atoms with E-state index in [-0.39, 0.29) is 17.5 Å².